The molecule has 152 valence electrons. The first kappa shape index (κ1) is 21.5. The Balaban J connectivity index is 2.01. The summed E-state index contributed by atoms with van der Waals surface area (Å²) in [5.41, 5.74) is 1.14. The van der Waals surface area contributed by atoms with Crippen LogP contribution in [-0.2, 0) is 0 Å². The minimum Gasteiger partial charge on any atom is -0.396 e. The Labute approximate surface area is 163 Å². The van der Waals surface area contributed by atoms with Gasteiger partial charge in [-0.15, -0.1) is 0 Å². The van der Waals surface area contributed by atoms with Crippen molar-refractivity contribution < 1.29 is 9.50 Å². The van der Waals surface area contributed by atoms with Gasteiger partial charge in [0.2, 0.25) is 0 Å². The molecule has 0 atom stereocenters. The van der Waals surface area contributed by atoms with Crippen molar-refractivity contribution in [1.29, 1.82) is 0 Å². The van der Waals surface area contributed by atoms with Gasteiger partial charge in [-0.25, -0.2) is 4.39 Å². The van der Waals surface area contributed by atoms with Gasteiger partial charge in [0.1, 0.15) is 5.82 Å². The van der Waals surface area contributed by atoms with Gasteiger partial charge >= 0.3 is 0 Å². The lowest BCUT2D eigenvalue weighted by molar-refractivity contribution is 0.175. The van der Waals surface area contributed by atoms with E-state index in [4.69, 9.17) is 4.99 Å². The molecule has 1 aromatic rings. The number of benzene rings is 1. The Bertz CT molecular complexity index is 578. The summed E-state index contributed by atoms with van der Waals surface area (Å²) >= 11 is 0. The van der Waals surface area contributed by atoms with Crippen LogP contribution in [0.15, 0.2) is 29.3 Å². The largest absolute Gasteiger partial charge is 0.396 e. The van der Waals surface area contributed by atoms with Crippen molar-refractivity contribution in [3.63, 3.8) is 0 Å². The van der Waals surface area contributed by atoms with Crippen LogP contribution in [0.5, 0.6) is 0 Å². The smallest absolute Gasteiger partial charge is 0.194 e. The highest BCUT2D eigenvalue weighted by Gasteiger charge is 2.26. The lowest BCUT2D eigenvalue weighted by atomic mass is 9.79. The number of anilines is 1. The highest BCUT2D eigenvalue weighted by atomic mass is 19.1. The van der Waals surface area contributed by atoms with Crippen LogP contribution in [0.25, 0.3) is 0 Å². The molecule has 0 spiro atoms. The molecule has 0 bridgehead atoms. The van der Waals surface area contributed by atoms with Crippen molar-refractivity contribution in [1.82, 2.24) is 10.2 Å². The van der Waals surface area contributed by atoms with Gasteiger partial charge in [0.15, 0.2) is 5.96 Å². The van der Waals surface area contributed by atoms with Gasteiger partial charge in [-0.05, 0) is 55.9 Å². The van der Waals surface area contributed by atoms with Crippen molar-refractivity contribution in [2.24, 2.45) is 10.4 Å². The zero-order chi connectivity index (χ0) is 19.7. The predicted molar refractivity (Wildman–Crippen MR) is 111 cm³/mol. The van der Waals surface area contributed by atoms with Crippen molar-refractivity contribution >= 4 is 11.6 Å². The summed E-state index contributed by atoms with van der Waals surface area (Å²) in [5.74, 6) is 0.762. The number of aliphatic hydroxyl groups excluding tert-OH is 1. The second-order valence-corrected chi connectivity index (χ2v) is 7.30. The molecule has 1 aliphatic heterocycles. The number of halogens is 1. The van der Waals surface area contributed by atoms with E-state index in [0.29, 0.717) is 0 Å². The zero-order valence-corrected chi connectivity index (χ0v) is 17.0. The third-order valence-corrected chi connectivity index (χ3v) is 5.81. The first-order valence-electron chi connectivity index (χ1n) is 10.2. The van der Waals surface area contributed by atoms with Crippen LogP contribution in [0.4, 0.5) is 10.1 Å². The van der Waals surface area contributed by atoms with E-state index >= 15 is 0 Å². The standard InChI is InChI=1S/C21H35FN4O/c1-4-21(5-2,11-16-27)17-24-20(23-6-3)26-14-12-25(13-15-26)19-9-7-18(22)8-10-19/h7-10,27H,4-6,11-17H2,1-3H3,(H,23,24). The lowest BCUT2D eigenvalue weighted by Crippen LogP contribution is -2.52. The molecule has 1 fully saturated rings. The Kier molecular flexibility index (Phi) is 8.35. The van der Waals surface area contributed by atoms with E-state index in [0.717, 1.165) is 70.2 Å². The number of nitrogens with zero attached hydrogens (tertiary/aromatic N) is 3. The summed E-state index contributed by atoms with van der Waals surface area (Å²) in [6, 6.07) is 6.72. The van der Waals surface area contributed by atoms with E-state index in [-0.39, 0.29) is 17.8 Å². The number of aliphatic hydroxyl groups is 1. The van der Waals surface area contributed by atoms with Crippen LogP contribution < -0.4 is 10.2 Å². The van der Waals surface area contributed by atoms with Gasteiger partial charge in [0, 0.05) is 51.6 Å². The Morgan fingerprint density at radius 3 is 2.26 bits per heavy atom. The fourth-order valence-corrected chi connectivity index (χ4v) is 3.64. The van der Waals surface area contributed by atoms with E-state index in [9.17, 15) is 9.50 Å². The summed E-state index contributed by atoms with van der Waals surface area (Å²) in [7, 11) is 0. The van der Waals surface area contributed by atoms with Crippen LogP contribution in [0, 0.1) is 11.2 Å². The van der Waals surface area contributed by atoms with E-state index in [1.165, 1.54) is 12.1 Å². The molecule has 5 nitrogen and oxygen atoms in total. The highest BCUT2D eigenvalue weighted by molar-refractivity contribution is 5.80. The zero-order valence-electron chi connectivity index (χ0n) is 17.0. The highest BCUT2D eigenvalue weighted by Crippen LogP contribution is 2.30. The molecule has 2 rings (SSSR count). The Morgan fingerprint density at radius 2 is 1.74 bits per heavy atom. The number of aliphatic imine (C=N–C) groups is 1. The number of nitrogens with one attached hydrogen (secondary N) is 1. The third kappa shape index (κ3) is 5.83. The summed E-state index contributed by atoms with van der Waals surface area (Å²) < 4.78 is 13.1. The summed E-state index contributed by atoms with van der Waals surface area (Å²) in [6.45, 7) is 11.8. The normalized spacial score (nSPS) is 16.0. The van der Waals surface area contributed by atoms with Gasteiger partial charge in [0.25, 0.3) is 0 Å². The molecule has 1 saturated heterocycles. The number of guanidine groups is 1. The molecule has 0 amide bonds. The molecule has 0 radical (unpaired) electrons. The van der Waals surface area contributed by atoms with Crippen molar-refractivity contribution in [3.05, 3.63) is 30.1 Å². The quantitative estimate of drug-likeness (QED) is 0.539. The molecule has 0 aromatic heterocycles. The topological polar surface area (TPSA) is 51.1 Å². The van der Waals surface area contributed by atoms with Gasteiger partial charge in [-0.1, -0.05) is 13.8 Å². The maximum atomic E-state index is 13.1. The monoisotopic (exact) mass is 378 g/mol. The van der Waals surface area contributed by atoms with E-state index in [2.05, 4.69) is 35.9 Å². The average Bonchev–Trinajstić information content (AvgIpc) is 2.71. The molecule has 0 unspecified atom stereocenters. The summed E-state index contributed by atoms with van der Waals surface area (Å²) in [5, 5.41) is 12.9. The molecule has 27 heavy (non-hydrogen) atoms. The molecular formula is C21H35FN4O. The molecule has 1 aliphatic rings. The molecule has 6 heteroatoms. The number of hydrogen-bond donors (Lipinski definition) is 2. The first-order valence-corrected chi connectivity index (χ1v) is 10.2. The van der Waals surface area contributed by atoms with Crippen molar-refractivity contribution in [3.8, 4) is 0 Å². The van der Waals surface area contributed by atoms with Gasteiger partial charge in [-0.3, -0.25) is 4.99 Å². The van der Waals surface area contributed by atoms with Crippen molar-refractivity contribution in [2.45, 2.75) is 40.0 Å². The second kappa shape index (κ2) is 10.5. The number of hydrogen-bond acceptors (Lipinski definition) is 3. The Morgan fingerprint density at radius 1 is 1.11 bits per heavy atom. The van der Waals surface area contributed by atoms with E-state index < -0.39 is 0 Å². The fourth-order valence-electron chi connectivity index (χ4n) is 3.64. The fraction of sp³-hybridized carbons (Fsp3) is 0.667. The minimum atomic E-state index is -0.197. The van der Waals surface area contributed by atoms with Crippen LogP contribution >= 0.6 is 0 Å². The van der Waals surface area contributed by atoms with Crippen LogP contribution in [0.1, 0.15) is 40.0 Å². The molecule has 1 heterocycles. The third-order valence-electron chi connectivity index (χ3n) is 5.81. The van der Waals surface area contributed by atoms with Crippen LogP contribution in [0.3, 0.4) is 0 Å². The minimum absolute atomic E-state index is 0.0748. The van der Waals surface area contributed by atoms with Crippen molar-refractivity contribution in [2.75, 3.05) is 50.8 Å². The number of rotatable bonds is 8. The Hall–Kier alpha value is -1.82. The van der Waals surface area contributed by atoms with E-state index in [1.54, 1.807) is 0 Å². The molecule has 2 N–H and O–H groups in total. The molecule has 0 aliphatic carbocycles. The SMILES string of the molecule is CCNC(=NCC(CC)(CC)CCO)N1CCN(c2ccc(F)cc2)CC1. The second-order valence-electron chi connectivity index (χ2n) is 7.30. The number of piperazine rings is 1. The van der Waals surface area contributed by atoms with Crippen LogP contribution in [0.2, 0.25) is 0 Å². The summed E-state index contributed by atoms with van der Waals surface area (Å²) in [4.78, 5) is 9.52. The molecular weight excluding hydrogens is 343 g/mol. The predicted octanol–water partition coefficient (Wildman–Crippen LogP) is 3.10. The lowest BCUT2D eigenvalue weighted by Gasteiger charge is -2.38. The van der Waals surface area contributed by atoms with Gasteiger partial charge in [-0.2, -0.15) is 0 Å². The van der Waals surface area contributed by atoms with Gasteiger partial charge < -0.3 is 20.2 Å². The van der Waals surface area contributed by atoms with E-state index in [1.807, 2.05) is 12.1 Å². The molecule has 1 aromatic carbocycles. The average molecular weight is 379 g/mol. The molecule has 0 saturated carbocycles. The van der Waals surface area contributed by atoms with Gasteiger partial charge in [0.05, 0.1) is 0 Å². The van der Waals surface area contributed by atoms with Crippen LogP contribution in [-0.4, -0.2) is 61.8 Å². The maximum Gasteiger partial charge on any atom is 0.194 e. The first-order chi connectivity index (χ1) is 13.1. The summed E-state index contributed by atoms with van der Waals surface area (Å²) in [6.07, 6.45) is 2.83. The maximum absolute atomic E-state index is 13.1.